The SMILES string of the molecule is Cc1ccc(/C=C/C(C)Cl)cn1. The molecule has 0 bridgehead atoms. The number of aryl methyl sites for hydroxylation is 1. The van der Waals surface area contributed by atoms with Crippen LogP contribution in [0.4, 0.5) is 0 Å². The molecular weight excluding hydrogens is 170 g/mol. The molecule has 1 atom stereocenters. The van der Waals surface area contributed by atoms with Crippen LogP contribution in [0.2, 0.25) is 0 Å². The van der Waals surface area contributed by atoms with E-state index in [1.54, 1.807) is 0 Å². The molecule has 1 heterocycles. The molecule has 0 aliphatic carbocycles. The molecule has 0 fully saturated rings. The summed E-state index contributed by atoms with van der Waals surface area (Å²) in [6.07, 6.45) is 5.75. The summed E-state index contributed by atoms with van der Waals surface area (Å²) in [5, 5.41) is 0.0753. The van der Waals surface area contributed by atoms with E-state index < -0.39 is 0 Å². The number of nitrogens with zero attached hydrogens (tertiary/aromatic N) is 1. The number of aromatic nitrogens is 1. The van der Waals surface area contributed by atoms with Gasteiger partial charge in [0.2, 0.25) is 0 Å². The first-order valence-electron chi connectivity index (χ1n) is 3.93. The van der Waals surface area contributed by atoms with Crippen molar-refractivity contribution in [2.45, 2.75) is 19.2 Å². The molecule has 64 valence electrons. The highest BCUT2D eigenvalue weighted by atomic mass is 35.5. The molecule has 0 N–H and O–H groups in total. The zero-order chi connectivity index (χ0) is 8.97. The fourth-order valence-corrected chi connectivity index (χ4v) is 0.894. The molecule has 0 radical (unpaired) electrons. The Morgan fingerprint density at radius 3 is 2.75 bits per heavy atom. The number of alkyl halides is 1. The van der Waals surface area contributed by atoms with E-state index in [1.165, 1.54) is 0 Å². The summed E-state index contributed by atoms with van der Waals surface area (Å²) in [4.78, 5) is 4.16. The minimum absolute atomic E-state index is 0.0753. The Balaban J connectivity index is 2.71. The molecule has 1 aromatic rings. The van der Waals surface area contributed by atoms with Crippen LogP contribution in [0.5, 0.6) is 0 Å². The second-order valence-corrected chi connectivity index (χ2v) is 3.46. The molecule has 1 rings (SSSR count). The molecular formula is C10H12ClN. The fraction of sp³-hybridized carbons (Fsp3) is 0.300. The first-order valence-corrected chi connectivity index (χ1v) is 4.37. The van der Waals surface area contributed by atoms with Crippen LogP contribution in [0.3, 0.4) is 0 Å². The van der Waals surface area contributed by atoms with Crippen LogP contribution in [-0.4, -0.2) is 10.4 Å². The number of hydrogen-bond donors (Lipinski definition) is 0. The molecule has 0 aromatic carbocycles. The molecule has 0 saturated carbocycles. The van der Waals surface area contributed by atoms with Gasteiger partial charge in [-0.05, 0) is 25.5 Å². The number of halogens is 1. The van der Waals surface area contributed by atoms with Gasteiger partial charge in [0.05, 0.1) is 0 Å². The van der Waals surface area contributed by atoms with Gasteiger partial charge in [-0.25, -0.2) is 0 Å². The van der Waals surface area contributed by atoms with Gasteiger partial charge in [-0.2, -0.15) is 0 Å². The average Bonchev–Trinajstić information content (AvgIpc) is 2.03. The quantitative estimate of drug-likeness (QED) is 0.640. The third-order valence-electron chi connectivity index (χ3n) is 1.49. The van der Waals surface area contributed by atoms with Crippen molar-refractivity contribution in [2.24, 2.45) is 0 Å². The molecule has 1 nitrogen and oxygen atoms in total. The summed E-state index contributed by atoms with van der Waals surface area (Å²) < 4.78 is 0. The normalized spacial score (nSPS) is 13.6. The second-order valence-electron chi connectivity index (χ2n) is 2.77. The van der Waals surface area contributed by atoms with Gasteiger partial charge in [-0.15, -0.1) is 11.6 Å². The van der Waals surface area contributed by atoms with E-state index in [0.717, 1.165) is 11.3 Å². The average molecular weight is 182 g/mol. The van der Waals surface area contributed by atoms with Crippen LogP contribution < -0.4 is 0 Å². The molecule has 12 heavy (non-hydrogen) atoms. The lowest BCUT2D eigenvalue weighted by Gasteiger charge is -1.94. The van der Waals surface area contributed by atoms with Crippen LogP contribution in [0.15, 0.2) is 24.4 Å². The van der Waals surface area contributed by atoms with Gasteiger partial charge in [0.1, 0.15) is 0 Å². The minimum Gasteiger partial charge on any atom is -0.261 e. The van der Waals surface area contributed by atoms with Crippen LogP contribution >= 0.6 is 11.6 Å². The Kier molecular flexibility index (Phi) is 3.30. The molecule has 0 amide bonds. The van der Waals surface area contributed by atoms with Gasteiger partial charge in [-0.1, -0.05) is 18.2 Å². The summed E-state index contributed by atoms with van der Waals surface area (Å²) in [6, 6.07) is 4.01. The lowest BCUT2D eigenvalue weighted by Crippen LogP contribution is -1.83. The zero-order valence-electron chi connectivity index (χ0n) is 7.29. The fourth-order valence-electron chi connectivity index (χ4n) is 0.822. The van der Waals surface area contributed by atoms with Crippen LogP contribution in [0.25, 0.3) is 6.08 Å². The predicted octanol–water partition coefficient (Wildman–Crippen LogP) is 3.03. The van der Waals surface area contributed by atoms with Crippen molar-refractivity contribution >= 4 is 17.7 Å². The van der Waals surface area contributed by atoms with Crippen LogP contribution in [-0.2, 0) is 0 Å². The minimum atomic E-state index is 0.0753. The van der Waals surface area contributed by atoms with E-state index in [1.807, 2.05) is 44.3 Å². The van der Waals surface area contributed by atoms with E-state index in [2.05, 4.69) is 4.98 Å². The molecule has 0 saturated heterocycles. The van der Waals surface area contributed by atoms with E-state index in [0.29, 0.717) is 0 Å². The second kappa shape index (κ2) is 4.27. The largest absolute Gasteiger partial charge is 0.261 e. The maximum atomic E-state index is 5.75. The number of hydrogen-bond acceptors (Lipinski definition) is 1. The molecule has 0 spiro atoms. The number of allylic oxidation sites excluding steroid dienone is 1. The summed E-state index contributed by atoms with van der Waals surface area (Å²) in [6.45, 7) is 3.90. The third kappa shape index (κ3) is 3.05. The summed E-state index contributed by atoms with van der Waals surface area (Å²) >= 11 is 5.75. The third-order valence-corrected chi connectivity index (χ3v) is 1.63. The zero-order valence-corrected chi connectivity index (χ0v) is 8.05. The Morgan fingerprint density at radius 1 is 1.50 bits per heavy atom. The number of rotatable bonds is 2. The van der Waals surface area contributed by atoms with Crippen molar-refractivity contribution < 1.29 is 0 Å². The smallest absolute Gasteiger partial charge is 0.0491 e. The van der Waals surface area contributed by atoms with Gasteiger partial charge in [-0.3, -0.25) is 4.98 Å². The van der Waals surface area contributed by atoms with Crippen molar-refractivity contribution in [3.05, 3.63) is 35.7 Å². The van der Waals surface area contributed by atoms with Crippen molar-refractivity contribution in [1.82, 2.24) is 4.98 Å². The highest BCUT2D eigenvalue weighted by Gasteiger charge is 1.89. The van der Waals surface area contributed by atoms with Crippen molar-refractivity contribution in [3.8, 4) is 0 Å². The molecule has 1 unspecified atom stereocenters. The van der Waals surface area contributed by atoms with Gasteiger partial charge < -0.3 is 0 Å². The van der Waals surface area contributed by atoms with Gasteiger partial charge in [0.15, 0.2) is 0 Å². The van der Waals surface area contributed by atoms with E-state index in [4.69, 9.17) is 11.6 Å². The predicted molar refractivity (Wildman–Crippen MR) is 53.3 cm³/mol. The first kappa shape index (κ1) is 9.27. The molecule has 0 aliphatic rings. The Bertz CT molecular complexity index is 262. The Morgan fingerprint density at radius 2 is 2.25 bits per heavy atom. The maximum absolute atomic E-state index is 5.75. The lowest BCUT2D eigenvalue weighted by atomic mass is 10.2. The Hall–Kier alpha value is -0.820. The molecule has 0 aliphatic heterocycles. The molecule has 2 heteroatoms. The molecule has 1 aromatic heterocycles. The maximum Gasteiger partial charge on any atom is 0.0491 e. The van der Waals surface area contributed by atoms with Crippen molar-refractivity contribution in [3.63, 3.8) is 0 Å². The first-order chi connectivity index (χ1) is 5.68. The van der Waals surface area contributed by atoms with Crippen LogP contribution in [0, 0.1) is 6.92 Å². The monoisotopic (exact) mass is 181 g/mol. The van der Waals surface area contributed by atoms with E-state index >= 15 is 0 Å². The summed E-state index contributed by atoms with van der Waals surface area (Å²) in [7, 11) is 0. The lowest BCUT2D eigenvalue weighted by molar-refractivity contribution is 1.19. The summed E-state index contributed by atoms with van der Waals surface area (Å²) in [5.41, 5.74) is 2.12. The van der Waals surface area contributed by atoms with Crippen LogP contribution in [0.1, 0.15) is 18.2 Å². The van der Waals surface area contributed by atoms with Crippen molar-refractivity contribution in [2.75, 3.05) is 0 Å². The van der Waals surface area contributed by atoms with Crippen molar-refractivity contribution in [1.29, 1.82) is 0 Å². The standard InChI is InChI=1S/C10H12ClN/c1-8(11)3-5-10-6-4-9(2)12-7-10/h3-8H,1-2H3/b5-3+. The van der Waals surface area contributed by atoms with E-state index in [9.17, 15) is 0 Å². The summed E-state index contributed by atoms with van der Waals surface area (Å²) in [5.74, 6) is 0. The Labute approximate surface area is 78.1 Å². The van der Waals surface area contributed by atoms with E-state index in [-0.39, 0.29) is 5.38 Å². The van der Waals surface area contributed by atoms with Gasteiger partial charge >= 0.3 is 0 Å². The topological polar surface area (TPSA) is 12.9 Å². The highest BCUT2D eigenvalue weighted by molar-refractivity contribution is 6.21. The van der Waals surface area contributed by atoms with Gasteiger partial charge in [0.25, 0.3) is 0 Å². The van der Waals surface area contributed by atoms with Gasteiger partial charge in [0, 0.05) is 17.3 Å². The number of pyridine rings is 1. The highest BCUT2D eigenvalue weighted by Crippen LogP contribution is 2.04.